The van der Waals surface area contributed by atoms with Crippen LogP contribution in [0.5, 0.6) is 5.75 Å². The highest BCUT2D eigenvalue weighted by Crippen LogP contribution is 2.19. The van der Waals surface area contributed by atoms with Gasteiger partial charge in [-0.2, -0.15) is 0 Å². The normalized spacial score (nSPS) is 12.9. The van der Waals surface area contributed by atoms with E-state index in [0.717, 1.165) is 11.8 Å². The highest BCUT2D eigenvalue weighted by molar-refractivity contribution is 5.77. The molecule has 0 unspecified atom stereocenters. The lowest BCUT2D eigenvalue weighted by molar-refractivity contribution is 0.0654. The average molecular weight is 328 g/mol. The van der Waals surface area contributed by atoms with Crippen LogP contribution in [-0.4, -0.2) is 19.3 Å². The second-order valence-corrected chi connectivity index (χ2v) is 6.23. The van der Waals surface area contributed by atoms with Gasteiger partial charge in [0.15, 0.2) is 0 Å². The third-order valence-electron chi connectivity index (χ3n) is 3.76. The zero-order valence-electron chi connectivity index (χ0n) is 14.7. The molecule has 0 saturated carbocycles. The van der Waals surface area contributed by atoms with Crippen molar-refractivity contribution in [2.45, 2.75) is 32.8 Å². The van der Waals surface area contributed by atoms with Crippen molar-refractivity contribution in [1.29, 1.82) is 0 Å². The van der Waals surface area contributed by atoms with E-state index < -0.39 is 0 Å². The van der Waals surface area contributed by atoms with E-state index in [2.05, 4.69) is 19.1 Å². The van der Waals surface area contributed by atoms with Gasteiger partial charge in [0, 0.05) is 24.6 Å². The van der Waals surface area contributed by atoms with Gasteiger partial charge in [-0.1, -0.05) is 17.7 Å². The lowest BCUT2D eigenvalue weighted by Crippen LogP contribution is -2.18. The Kier molecular flexibility index (Phi) is 5.99. The van der Waals surface area contributed by atoms with Gasteiger partial charge in [0.2, 0.25) is 0 Å². The maximum absolute atomic E-state index is 11.3. The lowest BCUT2D eigenvalue weighted by atomic mass is 10.1. The summed E-state index contributed by atoms with van der Waals surface area (Å²) in [5, 5.41) is 0.875. The summed E-state index contributed by atoms with van der Waals surface area (Å²) >= 11 is 0. The quantitative estimate of drug-likeness (QED) is 0.555. The zero-order chi connectivity index (χ0) is 17.6. The first kappa shape index (κ1) is 18.0. The van der Waals surface area contributed by atoms with Crippen LogP contribution in [0.1, 0.15) is 27.2 Å². The van der Waals surface area contributed by atoms with Crippen molar-refractivity contribution < 1.29 is 13.9 Å². The molecule has 0 saturated heterocycles. The van der Waals surface area contributed by atoms with E-state index in [0.29, 0.717) is 17.9 Å². The number of hydrogen-bond acceptors (Lipinski definition) is 4. The number of fused-ring (bicyclic) bond motifs is 1. The number of ether oxygens (including phenoxy) is 2. The van der Waals surface area contributed by atoms with Crippen LogP contribution in [-0.2, 0) is 4.74 Å². The second-order valence-electron chi connectivity index (χ2n) is 6.23. The molecule has 1 aromatic carbocycles. The minimum atomic E-state index is -0.360. The molecule has 4 heteroatoms. The lowest BCUT2D eigenvalue weighted by Gasteiger charge is -2.17. The Morgan fingerprint density at radius 3 is 2.75 bits per heavy atom. The topological polar surface area (TPSA) is 48.7 Å². The SMILES string of the molecule is COC(C)(C)C=CCC(C)=CCOc1ccc2ccc(=O)oc2c1. The Morgan fingerprint density at radius 1 is 1.25 bits per heavy atom. The number of allylic oxidation sites excluding steroid dienone is 2. The molecule has 128 valence electrons. The molecule has 0 radical (unpaired) electrons. The minimum Gasteiger partial charge on any atom is -0.489 e. The second kappa shape index (κ2) is 7.97. The number of methoxy groups -OCH3 is 1. The van der Waals surface area contributed by atoms with Gasteiger partial charge in [-0.15, -0.1) is 0 Å². The fourth-order valence-electron chi connectivity index (χ4n) is 2.09. The van der Waals surface area contributed by atoms with Crippen molar-refractivity contribution in [3.8, 4) is 5.75 Å². The van der Waals surface area contributed by atoms with Gasteiger partial charge in [0.1, 0.15) is 17.9 Å². The van der Waals surface area contributed by atoms with Gasteiger partial charge in [0.05, 0.1) is 5.60 Å². The van der Waals surface area contributed by atoms with E-state index in [4.69, 9.17) is 13.9 Å². The Morgan fingerprint density at radius 2 is 2.00 bits per heavy atom. The van der Waals surface area contributed by atoms with Crippen LogP contribution >= 0.6 is 0 Å². The van der Waals surface area contributed by atoms with E-state index >= 15 is 0 Å². The van der Waals surface area contributed by atoms with Crippen molar-refractivity contribution in [3.05, 3.63) is 64.6 Å². The summed E-state index contributed by atoms with van der Waals surface area (Å²) in [4.78, 5) is 11.3. The van der Waals surface area contributed by atoms with Gasteiger partial charge < -0.3 is 13.9 Å². The molecule has 1 aromatic heterocycles. The molecular formula is C20H24O4. The predicted molar refractivity (Wildman–Crippen MR) is 96.6 cm³/mol. The number of hydrogen-bond donors (Lipinski definition) is 0. The van der Waals surface area contributed by atoms with E-state index in [1.807, 2.05) is 32.1 Å². The summed E-state index contributed by atoms with van der Waals surface area (Å²) in [6.07, 6.45) is 7.04. The van der Waals surface area contributed by atoms with Crippen LogP contribution in [0.3, 0.4) is 0 Å². The molecule has 0 spiro atoms. The summed E-state index contributed by atoms with van der Waals surface area (Å²) in [7, 11) is 1.70. The Labute approximate surface area is 142 Å². The molecule has 1 heterocycles. The van der Waals surface area contributed by atoms with E-state index in [1.54, 1.807) is 19.2 Å². The molecule has 0 N–H and O–H groups in total. The summed E-state index contributed by atoms with van der Waals surface area (Å²) < 4.78 is 16.2. The highest BCUT2D eigenvalue weighted by atomic mass is 16.5. The largest absolute Gasteiger partial charge is 0.489 e. The van der Waals surface area contributed by atoms with Crippen molar-refractivity contribution >= 4 is 11.0 Å². The van der Waals surface area contributed by atoms with Crippen molar-refractivity contribution in [2.75, 3.05) is 13.7 Å². The smallest absolute Gasteiger partial charge is 0.336 e. The third kappa shape index (κ3) is 5.39. The fraction of sp³-hybridized carbons (Fsp3) is 0.350. The molecule has 0 bridgehead atoms. The van der Waals surface area contributed by atoms with Crippen molar-refractivity contribution in [3.63, 3.8) is 0 Å². The van der Waals surface area contributed by atoms with E-state index in [-0.39, 0.29) is 11.2 Å². The molecule has 0 aliphatic rings. The molecule has 0 atom stereocenters. The monoisotopic (exact) mass is 328 g/mol. The van der Waals surface area contributed by atoms with E-state index in [1.165, 1.54) is 11.6 Å². The van der Waals surface area contributed by atoms with Gasteiger partial charge in [0.25, 0.3) is 0 Å². The van der Waals surface area contributed by atoms with Gasteiger partial charge in [-0.25, -0.2) is 4.79 Å². The zero-order valence-corrected chi connectivity index (χ0v) is 14.7. The maximum atomic E-state index is 11.3. The van der Waals surface area contributed by atoms with Crippen LogP contribution in [0.4, 0.5) is 0 Å². The minimum absolute atomic E-state index is 0.244. The molecule has 4 nitrogen and oxygen atoms in total. The van der Waals surface area contributed by atoms with E-state index in [9.17, 15) is 4.79 Å². The first-order valence-corrected chi connectivity index (χ1v) is 7.95. The summed E-state index contributed by atoms with van der Waals surface area (Å²) in [6, 6.07) is 8.63. The first-order chi connectivity index (χ1) is 11.4. The van der Waals surface area contributed by atoms with Gasteiger partial charge >= 0.3 is 5.63 Å². The fourth-order valence-corrected chi connectivity index (χ4v) is 2.09. The Balaban J connectivity index is 1.92. The number of rotatable bonds is 7. The van der Waals surface area contributed by atoms with Gasteiger partial charge in [-0.3, -0.25) is 0 Å². The molecule has 0 amide bonds. The van der Waals surface area contributed by atoms with Crippen LogP contribution in [0.15, 0.2) is 63.3 Å². The highest BCUT2D eigenvalue weighted by Gasteiger charge is 2.09. The molecule has 2 aromatic rings. The molecular weight excluding hydrogens is 304 g/mol. The van der Waals surface area contributed by atoms with Crippen LogP contribution in [0.2, 0.25) is 0 Å². The third-order valence-corrected chi connectivity index (χ3v) is 3.76. The molecule has 0 aliphatic heterocycles. The first-order valence-electron chi connectivity index (χ1n) is 7.95. The Bertz CT molecular complexity index is 797. The standard InChI is InChI=1S/C20H24O4/c1-15(6-5-12-20(2,3)22-4)11-13-23-17-9-7-16-8-10-19(21)24-18(16)14-17/h5,7-12,14H,6,13H2,1-4H3. The number of benzene rings is 1. The summed E-state index contributed by atoms with van der Waals surface area (Å²) in [5.74, 6) is 0.678. The van der Waals surface area contributed by atoms with Crippen LogP contribution in [0.25, 0.3) is 11.0 Å². The van der Waals surface area contributed by atoms with Gasteiger partial charge in [-0.05, 0) is 51.5 Å². The maximum Gasteiger partial charge on any atom is 0.336 e. The van der Waals surface area contributed by atoms with Crippen molar-refractivity contribution in [1.82, 2.24) is 0 Å². The average Bonchev–Trinajstić information content (AvgIpc) is 2.54. The Hall–Kier alpha value is -2.33. The summed E-state index contributed by atoms with van der Waals surface area (Å²) in [5.41, 5.74) is 1.14. The summed E-state index contributed by atoms with van der Waals surface area (Å²) in [6.45, 7) is 6.57. The molecule has 0 aliphatic carbocycles. The van der Waals surface area contributed by atoms with Crippen molar-refractivity contribution in [2.24, 2.45) is 0 Å². The molecule has 0 fully saturated rings. The van der Waals surface area contributed by atoms with Crippen LogP contribution in [0, 0.1) is 0 Å². The van der Waals surface area contributed by atoms with Crippen LogP contribution < -0.4 is 10.4 Å². The molecule has 2 rings (SSSR count). The molecule has 24 heavy (non-hydrogen) atoms. The predicted octanol–water partition coefficient (Wildman–Crippen LogP) is 4.49.